The number of hydrogen-bond acceptors (Lipinski definition) is 8. The van der Waals surface area contributed by atoms with Gasteiger partial charge in [-0.05, 0) is 88.0 Å². The molecule has 1 amide bonds. The third-order valence-electron chi connectivity index (χ3n) is 9.30. The topological polar surface area (TPSA) is 115 Å². The van der Waals surface area contributed by atoms with Gasteiger partial charge in [-0.1, -0.05) is 41.4 Å². The molecule has 3 saturated heterocycles. The summed E-state index contributed by atoms with van der Waals surface area (Å²) in [5.41, 5.74) is 0.582. The molecule has 282 valence electrons. The Bertz CT molecular complexity index is 1950. The summed E-state index contributed by atoms with van der Waals surface area (Å²) in [7, 11) is 0. The van der Waals surface area contributed by atoms with Crippen molar-refractivity contribution in [2.45, 2.75) is 64.4 Å². The Morgan fingerprint density at radius 2 is 1.75 bits per heavy atom. The summed E-state index contributed by atoms with van der Waals surface area (Å²) >= 11 is 14.0. The van der Waals surface area contributed by atoms with Crippen molar-refractivity contribution in [2.75, 3.05) is 24.5 Å². The Balaban J connectivity index is 1.43. The lowest BCUT2D eigenvalue weighted by Crippen LogP contribution is -2.53. The zero-order valence-corrected chi connectivity index (χ0v) is 31.0. The summed E-state index contributed by atoms with van der Waals surface area (Å²) < 4.78 is 58.9. The maximum atomic E-state index is 15.3. The van der Waals surface area contributed by atoms with Crippen LogP contribution in [-0.4, -0.2) is 60.5 Å². The standard InChI is InChI=1S/C37H36Cl2F3N3O7S/c1-20(2)50-32-13-22(7-8-31(32)51-36(41)42)24(15-25-27(38)17-44(49)18-28(25)39)34-26(35(46)47)14-23(53-34)16-45(30-6-4-3-5-29(30)40)37(48)52-33-19-43-11-9-21(33)10-12-43/h3-8,13-14,17-18,20-21,24,33,36H,9-12,15-16,19H2,1-2H3,(H,46,47)/t24-,33-/m0/s1. The van der Waals surface area contributed by atoms with Gasteiger partial charge in [0.25, 0.3) is 0 Å². The molecule has 0 spiro atoms. The van der Waals surface area contributed by atoms with Gasteiger partial charge in [-0.2, -0.15) is 13.5 Å². The number of anilines is 1. The van der Waals surface area contributed by atoms with Crippen molar-refractivity contribution < 1.29 is 46.8 Å². The van der Waals surface area contributed by atoms with E-state index < -0.39 is 36.5 Å². The number of carbonyl (C=O) groups excluding carboxylic acids is 1. The number of benzene rings is 2. The van der Waals surface area contributed by atoms with E-state index in [1.807, 2.05) is 0 Å². The molecule has 10 nitrogen and oxygen atoms in total. The second-order valence-electron chi connectivity index (χ2n) is 13.2. The molecule has 0 saturated carbocycles. The first kappa shape index (κ1) is 38.5. The van der Waals surface area contributed by atoms with Gasteiger partial charge in [0.05, 0.1) is 23.9 Å². The smallest absolute Gasteiger partial charge is 0.415 e. The number of carboxylic acid groups (broad SMARTS) is 1. The van der Waals surface area contributed by atoms with Gasteiger partial charge in [0.15, 0.2) is 23.9 Å². The highest BCUT2D eigenvalue weighted by molar-refractivity contribution is 7.12. The SMILES string of the molecule is CC(C)Oc1cc([C@H](Cc2c(Cl)c[n+]([O-])cc2Cl)c2sc(CN(C(=O)O[C@H]3CN4CCC3CC4)c3ccccc3F)cc2C(=O)O)ccc1OC(F)F. The van der Waals surface area contributed by atoms with Crippen LogP contribution in [0.5, 0.6) is 11.5 Å². The highest BCUT2D eigenvalue weighted by atomic mass is 35.5. The van der Waals surface area contributed by atoms with E-state index in [9.17, 15) is 28.7 Å². The number of fused-ring (bicyclic) bond motifs is 3. The van der Waals surface area contributed by atoms with E-state index in [4.69, 9.17) is 37.4 Å². The Kier molecular flexibility index (Phi) is 11.9. The number of carbonyl (C=O) groups is 2. The number of thiophene rings is 1. The van der Waals surface area contributed by atoms with Crippen molar-refractivity contribution in [1.82, 2.24) is 4.90 Å². The van der Waals surface area contributed by atoms with Gasteiger partial charge >= 0.3 is 18.7 Å². The number of aromatic nitrogens is 1. The molecule has 3 aliphatic heterocycles. The Morgan fingerprint density at radius 3 is 2.36 bits per heavy atom. The van der Waals surface area contributed by atoms with E-state index in [0.29, 0.717) is 27.3 Å². The van der Waals surface area contributed by atoms with E-state index in [-0.39, 0.29) is 62.7 Å². The molecule has 2 aromatic heterocycles. The van der Waals surface area contributed by atoms with Gasteiger partial charge in [0.2, 0.25) is 0 Å². The van der Waals surface area contributed by atoms with Crippen LogP contribution in [0.15, 0.2) is 60.9 Å². The number of aromatic carboxylic acids is 1. The molecule has 2 atom stereocenters. The summed E-state index contributed by atoms with van der Waals surface area (Å²) in [5.74, 6) is -2.87. The van der Waals surface area contributed by atoms with Crippen molar-refractivity contribution >= 4 is 52.3 Å². The van der Waals surface area contributed by atoms with Gasteiger partial charge in [0.1, 0.15) is 22.0 Å². The molecular weight excluding hydrogens is 758 g/mol. The number of ether oxygens (including phenoxy) is 3. The van der Waals surface area contributed by atoms with E-state index in [0.717, 1.165) is 54.6 Å². The van der Waals surface area contributed by atoms with Crippen LogP contribution >= 0.6 is 34.5 Å². The zero-order valence-electron chi connectivity index (χ0n) is 28.6. The number of nitrogens with zero attached hydrogens (tertiary/aromatic N) is 3. The van der Waals surface area contributed by atoms with Gasteiger partial charge in [-0.25, -0.2) is 14.0 Å². The number of pyridine rings is 1. The summed E-state index contributed by atoms with van der Waals surface area (Å²) in [5, 5.41) is 22.6. The zero-order chi connectivity index (χ0) is 38.0. The molecule has 2 aromatic carbocycles. The van der Waals surface area contributed by atoms with E-state index in [2.05, 4.69) is 4.90 Å². The van der Waals surface area contributed by atoms with Crippen LogP contribution in [0.1, 0.15) is 63.8 Å². The predicted octanol–water partition coefficient (Wildman–Crippen LogP) is 8.53. The second-order valence-corrected chi connectivity index (χ2v) is 15.2. The first-order valence-electron chi connectivity index (χ1n) is 16.9. The molecule has 3 fully saturated rings. The lowest BCUT2D eigenvalue weighted by molar-refractivity contribution is -0.605. The molecule has 7 rings (SSSR count). The molecule has 4 aromatic rings. The number of hydrogen-bond donors (Lipinski definition) is 1. The fourth-order valence-electron chi connectivity index (χ4n) is 6.85. The molecule has 53 heavy (non-hydrogen) atoms. The lowest BCUT2D eigenvalue weighted by Gasteiger charge is -2.44. The number of halogens is 5. The van der Waals surface area contributed by atoms with Crippen LogP contribution in [0, 0.1) is 16.9 Å². The molecule has 3 aliphatic rings. The number of rotatable bonds is 13. The number of para-hydroxylation sites is 1. The molecule has 0 radical (unpaired) electrons. The van der Waals surface area contributed by atoms with Crippen LogP contribution in [0.25, 0.3) is 0 Å². The van der Waals surface area contributed by atoms with Crippen LogP contribution in [-0.2, 0) is 17.7 Å². The minimum Gasteiger partial charge on any atom is -0.619 e. The third kappa shape index (κ3) is 8.94. The van der Waals surface area contributed by atoms with E-state index >= 15 is 4.39 Å². The Hall–Kier alpha value is -4.24. The van der Waals surface area contributed by atoms with Crippen LogP contribution in [0.2, 0.25) is 10.0 Å². The molecular formula is C37H36Cl2F3N3O7S. The summed E-state index contributed by atoms with van der Waals surface area (Å²) in [6.45, 7) is 2.47. The highest BCUT2D eigenvalue weighted by Gasteiger charge is 2.38. The number of alkyl halides is 2. The summed E-state index contributed by atoms with van der Waals surface area (Å²) in [6, 6.07) is 11.4. The maximum Gasteiger partial charge on any atom is 0.415 e. The fraction of sp³-hybridized carbons (Fsp3) is 0.378. The molecule has 5 heterocycles. The van der Waals surface area contributed by atoms with E-state index in [1.54, 1.807) is 19.9 Å². The van der Waals surface area contributed by atoms with Crippen molar-refractivity contribution in [2.24, 2.45) is 5.92 Å². The monoisotopic (exact) mass is 793 g/mol. The van der Waals surface area contributed by atoms with Gasteiger partial charge < -0.3 is 24.5 Å². The average molecular weight is 795 g/mol. The van der Waals surface area contributed by atoms with Crippen LogP contribution in [0.3, 0.4) is 0 Å². The maximum absolute atomic E-state index is 15.3. The first-order valence-corrected chi connectivity index (χ1v) is 18.5. The predicted molar refractivity (Wildman–Crippen MR) is 193 cm³/mol. The third-order valence-corrected chi connectivity index (χ3v) is 11.2. The molecule has 16 heteroatoms. The van der Waals surface area contributed by atoms with Gasteiger partial charge in [-0.15, -0.1) is 11.3 Å². The van der Waals surface area contributed by atoms with Crippen molar-refractivity contribution in [3.8, 4) is 11.5 Å². The lowest BCUT2D eigenvalue weighted by atomic mass is 9.86. The van der Waals surface area contributed by atoms with Crippen molar-refractivity contribution in [3.63, 3.8) is 0 Å². The second kappa shape index (κ2) is 16.4. The molecule has 2 bridgehead atoms. The summed E-state index contributed by atoms with van der Waals surface area (Å²) in [4.78, 5) is 30.8. The number of carboxylic acids is 1. The molecule has 1 N–H and O–H groups in total. The average Bonchev–Trinajstić information content (AvgIpc) is 3.52. The summed E-state index contributed by atoms with van der Waals surface area (Å²) in [6.07, 6.45) is 2.38. The number of amides is 1. The van der Waals surface area contributed by atoms with Gasteiger partial charge in [0, 0.05) is 27.8 Å². The quantitative estimate of drug-likeness (QED) is 0.106. The minimum absolute atomic E-state index is 0.0136. The Morgan fingerprint density at radius 1 is 1.06 bits per heavy atom. The number of piperidine rings is 3. The molecule has 0 unspecified atom stereocenters. The van der Waals surface area contributed by atoms with E-state index in [1.165, 1.54) is 42.5 Å². The Labute approximate surface area is 317 Å². The normalized spacial score (nSPS) is 18.6. The van der Waals surface area contributed by atoms with Crippen LogP contribution in [0.4, 0.5) is 23.7 Å². The van der Waals surface area contributed by atoms with Gasteiger partial charge in [-0.3, -0.25) is 9.80 Å². The highest BCUT2D eigenvalue weighted by Crippen LogP contribution is 2.43. The van der Waals surface area contributed by atoms with Crippen molar-refractivity contribution in [1.29, 1.82) is 0 Å². The minimum atomic E-state index is -3.14. The fourth-order valence-corrected chi connectivity index (χ4v) is 8.72. The van der Waals surface area contributed by atoms with Crippen molar-refractivity contribution in [3.05, 3.63) is 108 Å². The largest absolute Gasteiger partial charge is 0.619 e. The first-order chi connectivity index (χ1) is 25.3. The molecule has 0 aliphatic carbocycles. The van der Waals surface area contributed by atoms with Crippen LogP contribution < -0.4 is 19.1 Å².